The van der Waals surface area contributed by atoms with E-state index in [4.69, 9.17) is 21.1 Å². The van der Waals surface area contributed by atoms with E-state index >= 15 is 0 Å². The molecule has 0 spiro atoms. The molecule has 0 radical (unpaired) electrons. The fourth-order valence-corrected chi connectivity index (χ4v) is 1.73. The molecular weight excluding hydrogens is 268 g/mol. The summed E-state index contributed by atoms with van der Waals surface area (Å²) in [5, 5.41) is 6.35. The van der Waals surface area contributed by atoms with E-state index in [1.807, 2.05) is 0 Å². The molecule has 0 aliphatic carbocycles. The molecule has 5 nitrogen and oxygen atoms in total. The first-order valence-corrected chi connectivity index (χ1v) is 6.38. The van der Waals surface area contributed by atoms with Gasteiger partial charge in [0.1, 0.15) is 5.75 Å². The van der Waals surface area contributed by atoms with Crippen molar-refractivity contribution in [1.29, 1.82) is 0 Å². The van der Waals surface area contributed by atoms with Crippen LogP contribution in [-0.2, 0) is 9.53 Å². The van der Waals surface area contributed by atoms with Gasteiger partial charge in [-0.05, 0) is 18.2 Å². The molecule has 6 heteroatoms. The van der Waals surface area contributed by atoms with Crippen molar-refractivity contribution in [1.82, 2.24) is 5.32 Å². The minimum absolute atomic E-state index is 0.0637. The average molecular weight is 287 g/mol. The molecule has 0 aromatic heterocycles. The van der Waals surface area contributed by atoms with Crippen molar-refractivity contribution in [2.24, 2.45) is 0 Å². The van der Waals surface area contributed by atoms with E-state index in [1.165, 1.54) is 0 Å². The van der Waals surface area contributed by atoms with Crippen LogP contribution in [0.1, 0.15) is 6.42 Å². The van der Waals surface area contributed by atoms with Gasteiger partial charge in [0.15, 0.2) is 0 Å². The number of hydrogen-bond donors (Lipinski definition) is 2. The lowest BCUT2D eigenvalue weighted by Gasteiger charge is -2.08. The Bertz CT molecular complexity index is 413. The summed E-state index contributed by atoms with van der Waals surface area (Å²) >= 11 is 5.97. The van der Waals surface area contributed by atoms with Gasteiger partial charge < -0.3 is 20.1 Å². The second kappa shape index (κ2) is 8.74. The van der Waals surface area contributed by atoms with E-state index in [-0.39, 0.29) is 5.91 Å². The van der Waals surface area contributed by atoms with Crippen LogP contribution in [0.4, 0.5) is 5.69 Å². The summed E-state index contributed by atoms with van der Waals surface area (Å²) in [7, 11) is 3.19. The number of hydrogen-bond acceptors (Lipinski definition) is 4. The Labute approximate surface area is 118 Å². The Hall–Kier alpha value is -1.30. The summed E-state index contributed by atoms with van der Waals surface area (Å²) in [4.78, 5) is 11.7. The van der Waals surface area contributed by atoms with Gasteiger partial charge in [0, 0.05) is 32.3 Å². The maximum absolute atomic E-state index is 11.7. The van der Waals surface area contributed by atoms with Gasteiger partial charge in [-0.25, -0.2) is 0 Å². The molecule has 19 heavy (non-hydrogen) atoms. The third kappa shape index (κ3) is 5.92. The summed E-state index contributed by atoms with van der Waals surface area (Å²) in [6.45, 7) is 1.98. The molecule has 0 unspecified atom stereocenters. The molecule has 0 saturated carbocycles. The zero-order valence-corrected chi connectivity index (χ0v) is 11.9. The Balaban J connectivity index is 2.34. The molecule has 1 amide bonds. The third-order valence-electron chi connectivity index (χ3n) is 2.45. The predicted molar refractivity (Wildman–Crippen MR) is 76.0 cm³/mol. The number of carbonyl (C=O) groups is 1. The van der Waals surface area contributed by atoms with E-state index in [0.717, 1.165) is 6.54 Å². The lowest BCUT2D eigenvalue weighted by molar-refractivity contribution is -0.116. The van der Waals surface area contributed by atoms with Crippen molar-refractivity contribution in [2.75, 3.05) is 39.2 Å². The standard InChI is InChI=1S/C13H19ClN2O3/c1-18-8-7-15-6-5-13(17)16-10-3-4-12(19-2)11(14)9-10/h3-4,9,15H,5-8H2,1-2H3,(H,16,17). The van der Waals surface area contributed by atoms with Crippen LogP contribution in [0.15, 0.2) is 18.2 Å². The second-order valence-electron chi connectivity index (χ2n) is 3.89. The predicted octanol–water partition coefficient (Wildman–Crippen LogP) is 1.91. The fraction of sp³-hybridized carbons (Fsp3) is 0.462. The minimum atomic E-state index is -0.0637. The second-order valence-corrected chi connectivity index (χ2v) is 4.30. The SMILES string of the molecule is COCCNCCC(=O)Nc1ccc(OC)c(Cl)c1. The average Bonchev–Trinajstić information content (AvgIpc) is 2.39. The summed E-state index contributed by atoms with van der Waals surface area (Å²) in [6.07, 6.45) is 0.396. The summed E-state index contributed by atoms with van der Waals surface area (Å²) < 4.78 is 9.93. The van der Waals surface area contributed by atoms with Gasteiger partial charge >= 0.3 is 0 Å². The summed E-state index contributed by atoms with van der Waals surface area (Å²) in [5.74, 6) is 0.520. The molecule has 0 atom stereocenters. The van der Waals surface area contributed by atoms with E-state index in [9.17, 15) is 4.79 Å². The van der Waals surface area contributed by atoms with E-state index in [1.54, 1.807) is 32.4 Å². The van der Waals surface area contributed by atoms with Crippen LogP contribution in [0.5, 0.6) is 5.75 Å². The monoisotopic (exact) mass is 286 g/mol. The van der Waals surface area contributed by atoms with Crippen molar-refractivity contribution in [3.05, 3.63) is 23.2 Å². The van der Waals surface area contributed by atoms with Crippen LogP contribution in [-0.4, -0.2) is 39.8 Å². The summed E-state index contributed by atoms with van der Waals surface area (Å²) in [6, 6.07) is 5.13. The lowest BCUT2D eigenvalue weighted by atomic mass is 10.3. The topological polar surface area (TPSA) is 59.6 Å². The Morgan fingerprint density at radius 3 is 2.74 bits per heavy atom. The highest BCUT2D eigenvalue weighted by Gasteiger charge is 2.05. The molecule has 2 N–H and O–H groups in total. The van der Waals surface area contributed by atoms with Crippen LogP contribution in [0.2, 0.25) is 5.02 Å². The highest BCUT2D eigenvalue weighted by molar-refractivity contribution is 6.32. The molecule has 0 heterocycles. The third-order valence-corrected chi connectivity index (χ3v) is 2.74. The molecule has 1 aromatic carbocycles. The normalized spacial score (nSPS) is 10.3. The molecule has 0 saturated heterocycles. The van der Waals surface area contributed by atoms with Gasteiger partial charge in [0.25, 0.3) is 0 Å². The number of rotatable bonds is 8. The van der Waals surface area contributed by atoms with Crippen LogP contribution >= 0.6 is 11.6 Å². The Kier molecular flexibility index (Phi) is 7.25. The highest BCUT2D eigenvalue weighted by Crippen LogP contribution is 2.27. The van der Waals surface area contributed by atoms with E-state index in [2.05, 4.69) is 10.6 Å². The maximum Gasteiger partial charge on any atom is 0.225 e. The first kappa shape index (κ1) is 15.8. The van der Waals surface area contributed by atoms with Gasteiger partial charge in [-0.2, -0.15) is 0 Å². The number of ether oxygens (including phenoxy) is 2. The van der Waals surface area contributed by atoms with Crippen LogP contribution in [0.25, 0.3) is 0 Å². The van der Waals surface area contributed by atoms with Crippen LogP contribution < -0.4 is 15.4 Å². The van der Waals surface area contributed by atoms with Crippen molar-refractivity contribution >= 4 is 23.2 Å². The van der Waals surface area contributed by atoms with Crippen LogP contribution in [0.3, 0.4) is 0 Å². The Morgan fingerprint density at radius 1 is 1.32 bits per heavy atom. The largest absolute Gasteiger partial charge is 0.495 e. The van der Waals surface area contributed by atoms with Crippen molar-refractivity contribution in [2.45, 2.75) is 6.42 Å². The molecule has 0 aliphatic rings. The van der Waals surface area contributed by atoms with Crippen LogP contribution in [0, 0.1) is 0 Å². The number of benzene rings is 1. The summed E-state index contributed by atoms with van der Waals surface area (Å²) in [5.41, 5.74) is 0.660. The number of methoxy groups -OCH3 is 2. The number of anilines is 1. The number of carbonyl (C=O) groups excluding carboxylic acids is 1. The smallest absolute Gasteiger partial charge is 0.225 e. The highest BCUT2D eigenvalue weighted by atomic mass is 35.5. The van der Waals surface area contributed by atoms with Gasteiger partial charge in [-0.3, -0.25) is 4.79 Å². The van der Waals surface area contributed by atoms with Crippen molar-refractivity contribution < 1.29 is 14.3 Å². The first-order chi connectivity index (χ1) is 9.17. The van der Waals surface area contributed by atoms with Gasteiger partial charge in [-0.15, -0.1) is 0 Å². The molecule has 1 rings (SSSR count). The fourth-order valence-electron chi connectivity index (χ4n) is 1.47. The molecule has 0 bridgehead atoms. The number of nitrogens with one attached hydrogen (secondary N) is 2. The zero-order chi connectivity index (χ0) is 14.1. The number of halogens is 1. The lowest BCUT2D eigenvalue weighted by Crippen LogP contribution is -2.24. The van der Waals surface area contributed by atoms with Gasteiger partial charge in [0.2, 0.25) is 5.91 Å². The molecule has 1 aromatic rings. The van der Waals surface area contributed by atoms with Crippen molar-refractivity contribution in [3.63, 3.8) is 0 Å². The maximum atomic E-state index is 11.7. The van der Waals surface area contributed by atoms with Crippen molar-refractivity contribution in [3.8, 4) is 5.75 Å². The van der Waals surface area contributed by atoms with Gasteiger partial charge in [0.05, 0.1) is 18.7 Å². The quantitative estimate of drug-likeness (QED) is 0.717. The van der Waals surface area contributed by atoms with E-state index in [0.29, 0.717) is 36.0 Å². The van der Waals surface area contributed by atoms with E-state index < -0.39 is 0 Å². The number of amides is 1. The zero-order valence-electron chi connectivity index (χ0n) is 11.2. The molecule has 0 aliphatic heterocycles. The minimum Gasteiger partial charge on any atom is -0.495 e. The molecular formula is C13H19ClN2O3. The first-order valence-electron chi connectivity index (χ1n) is 6.00. The Morgan fingerprint density at radius 2 is 2.11 bits per heavy atom. The van der Waals surface area contributed by atoms with Gasteiger partial charge in [-0.1, -0.05) is 11.6 Å². The molecule has 106 valence electrons. The molecule has 0 fully saturated rings.